The number of amides is 2. The number of rotatable bonds is 2. The number of fused-ring (bicyclic) bond motifs is 1. The SMILES string of the molecule is Cc1ccc2nc(NC(=O)Nc3ccccc3)sc2c1. The van der Waals surface area contributed by atoms with Gasteiger partial charge in [-0.1, -0.05) is 35.6 Å². The van der Waals surface area contributed by atoms with Gasteiger partial charge in [-0.05, 0) is 36.8 Å². The number of nitrogens with zero attached hydrogens (tertiary/aromatic N) is 1. The summed E-state index contributed by atoms with van der Waals surface area (Å²) in [6.45, 7) is 2.04. The van der Waals surface area contributed by atoms with Gasteiger partial charge in [-0.3, -0.25) is 5.32 Å². The zero-order chi connectivity index (χ0) is 13.9. The average Bonchev–Trinajstić information content (AvgIpc) is 2.80. The molecule has 20 heavy (non-hydrogen) atoms. The van der Waals surface area contributed by atoms with Gasteiger partial charge in [0.2, 0.25) is 0 Å². The maximum Gasteiger partial charge on any atom is 0.325 e. The summed E-state index contributed by atoms with van der Waals surface area (Å²) < 4.78 is 1.07. The summed E-state index contributed by atoms with van der Waals surface area (Å²) in [5, 5.41) is 6.12. The number of aryl methyl sites for hydroxylation is 1. The topological polar surface area (TPSA) is 54.0 Å². The Labute approximate surface area is 120 Å². The second-order valence-electron chi connectivity index (χ2n) is 4.44. The van der Waals surface area contributed by atoms with Crippen LogP contribution in [0.5, 0.6) is 0 Å². The molecule has 0 aliphatic rings. The van der Waals surface area contributed by atoms with Gasteiger partial charge in [0.1, 0.15) is 0 Å². The average molecular weight is 283 g/mol. The van der Waals surface area contributed by atoms with E-state index in [0.29, 0.717) is 5.13 Å². The Morgan fingerprint density at radius 2 is 1.90 bits per heavy atom. The molecule has 0 aliphatic heterocycles. The van der Waals surface area contributed by atoms with Crippen LogP contribution in [0.15, 0.2) is 48.5 Å². The molecule has 2 N–H and O–H groups in total. The molecule has 0 atom stereocenters. The van der Waals surface area contributed by atoms with Crippen LogP contribution in [0, 0.1) is 6.92 Å². The van der Waals surface area contributed by atoms with Crippen LogP contribution in [-0.4, -0.2) is 11.0 Å². The molecule has 0 unspecified atom stereocenters. The van der Waals surface area contributed by atoms with Crippen molar-refractivity contribution in [1.29, 1.82) is 0 Å². The fourth-order valence-corrected chi connectivity index (χ4v) is 2.83. The molecule has 2 aromatic carbocycles. The molecule has 0 saturated carbocycles. The minimum atomic E-state index is -0.285. The summed E-state index contributed by atoms with van der Waals surface area (Å²) in [6.07, 6.45) is 0. The normalized spacial score (nSPS) is 10.4. The molecule has 0 aliphatic carbocycles. The third-order valence-electron chi connectivity index (χ3n) is 2.80. The summed E-state index contributed by atoms with van der Waals surface area (Å²) in [5.74, 6) is 0. The van der Waals surface area contributed by atoms with Crippen molar-refractivity contribution in [3.8, 4) is 0 Å². The largest absolute Gasteiger partial charge is 0.325 e. The Kier molecular flexibility index (Phi) is 3.35. The molecule has 1 aromatic heterocycles. The first-order chi connectivity index (χ1) is 9.70. The second kappa shape index (κ2) is 5.30. The third-order valence-corrected chi connectivity index (χ3v) is 3.73. The van der Waals surface area contributed by atoms with Gasteiger partial charge in [-0.15, -0.1) is 0 Å². The van der Waals surface area contributed by atoms with Crippen molar-refractivity contribution in [2.75, 3.05) is 10.6 Å². The number of thiazole rings is 1. The first-order valence-electron chi connectivity index (χ1n) is 6.21. The monoisotopic (exact) mass is 283 g/mol. The molecule has 2 amide bonds. The Morgan fingerprint density at radius 3 is 2.70 bits per heavy atom. The number of para-hydroxylation sites is 1. The summed E-state index contributed by atoms with van der Waals surface area (Å²) in [6, 6.07) is 15.1. The lowest BCUT2D eigenvalue weighted by Crippen LogP contribution is -2.19. The van der Waals surface area contributed by atoms with E-state index >= 15 is 0 Å². The number of hydrogen-bond donors (Lipinski definition) is 2. The Morgan fingerprint density at radius 1 is 1.10 bits per heavy atom. The number of urea groups is 1. The van der Waals surface area contributed by atoms with E-state index in [4.69, 9.17) is 0 Å². The fourth-order valence-electron chi connectivity index (χ4n) is 1.87. The lowest BCUT2D eigenvalue weighted by Gasteiger charge is -2.04. The highest BCUT2D eigenvalue weighted by atomic mass is 32.1. The molecule has 0 spiro atoms. The highest BCUT2D eigenvalue weighted by molar-refractivity contribution is 7.22. The minimum absolute atomic E-state index is 0.285. The minimum Gasteiger partial charge on any atom is -0.308 e. The maximum atomic E-state index is 11.9. The van der Waals surface area contributed by atoms with E-state index < -0.39 is 0 Å². The van der Waals surface area contributed by atoms with Gasteiger partial charge in [0.15, 0.2) is 5.13 Å². The summed E-state index contributed by atoms with van der Waals surface area (Å²) in [5.41, 5.74) is 2.83. The number of anilines is 2. The molecule has 0 bridgehead atoms. The lowest BCUT2D eigenvalue weighted by molar-refractivity contribution is 0.262. The Balaban J connectivity index is 1.74. The van der Waals surface area contributed by atoms with Crippen LogP contribution in [0.2, 0.25) is 0 Å². The van der Waals surface area contributed by atoms with Crippen LogP contribution in [0.1, 0.15) is 5.56 Å². The smallest absolute Gasteiger partial charge is 0.308 e. The third kappa shape index (κ3) is 2.78. The predicted molar refractivity (Wildman–Crippen MR) is 83.4 cm³/mol. The molecule has 0 fully saturated rings. The quantitative estimate of drug-likeness (QED) is 0.738. The number of carbonyl (C=O) groups is 1. The van der Waals surface area contributed by atoms with E-state index in [0.717, 1.165) is 15.9 Å². The molecule has 1 heterocycles. The highest BCUT2D eigenvalue weighted by Crippen LogP contribution is 2.26. The molecule has 3 rings (SSSR count). The Bertz CT molecular complexity index is 752. The molecular formula is C15H13N3OS. The van der Waals surface area contributed by atoms with Gasteiger partial charge < -0.3 is 5.32 Å². The van der Waals surface area contributed by atoms with Crippen LogP contribution in [0.4, 0.5) is 15.6 Å². The lowest BCUT2D eigenvalue weighted by atomic mass is 10.2. The molecule has 100 valence electrons. The van der Waals surface area contributed by atoms with Crippen LogP contribution < -0.4 is 10.6 Å². The first-order valence-corrected chi connectivity index (χ1v) is 7.02. The summed E-state index contributed by atoms with van der Waals surface area (Å²) >= 11 is 1.47. The predicted octanol–water partition coefficient (Wildman–Crippen LogP) is 4.25. The van der Waals surface area contributed by atoms with Gasteiger partial charge in [0.05, 0.1) is 10.2 Å². The molecular weight excluding hydrogens is 270 g/mol. The van der Waals surface area contributed by atoms with E-state index in [1.54, 1.807) is 0 Å². The molecule has 0 radical (unpaired) electrons. The number of hydrogen-bond acceptors (Lipinski definition) is 3. The molecule has 5 heteroatoms. The van der Waals surface area contributed by atoms with Crippen molar-refractivity contribution < 1.29 is 4.79 Å². The Hall–Kier alpha value is -2.40. The zero-order valence-corrected chi connectivity index (χ0v) is 11.7. The van der Waals surface area contributed by atoms with E-state index in [2.05, 4.69) is 21.7 Å². The number of carbonyl (C=O) groups excluding carboxylic acids is 1. The van der Waals surface area contributed by atoms with Crippen LogP contribution in [0.25, 0.3) is 10.2 Å². The van der Waals surface area contributed by atoms with Crippen molar-refractivity contribution in [3.63, 3.8) is 0 Å². The van der Waals surface area contributed by atoms with E-state index in [-0.39, 0.29) is 6.03 Å². The molecule has 0 saturated heterocycles. The molecule has 4 nitrogen and oxygen atoms in total. The van der Waals surface area contributed by atoms with Gasteiger partial charge in [0.25, 0.3) is 0 Å². The van der Waals surface area contributed by atoms with Crippen molar-refractivity contribution in [2.45, 2.75) is 6.92 Å². The van der Waals surface area contributed by atoms with Crippen LogP contribution >= 0.6 is 11.3 Å². The van der Waals surface area contributed by atoms with E-state index in [1.807, 2.05) is 49.4 Å². The van der Waals surface area contributed by atoms with Crippen molar-refractivity contribution in [1.82, 2.24) is 4.98 Å². The first kappa shape index (κ1) is 12.6. The number of nitrogens with one attached hydrogen (secondary N) is 2. The van der Waals surface area contributed by atoms with Crippen LogP contribution in [0.3, 0.4) is 0 Å². The number of aromatic nitrogens is 1. The standard InChI is InChI=1S/C15H13N3OS/c1-10-7-8-12-13(9-10)20-15(17-12)18-14(19)16-11-5-3-2-4-6-11/h2-9H,1H3,(H2,16,17,18,19). The van der Waals surface area contributed by atoms with Gasteiger partial charge >= 0.3 is 6.03 Å². The van der Waals surface area contributed by atoms with E-state index in [1.165, 1.54) is 16.9 Å². The number of benzene rings is 2. The fraction of sp³-hybridized carbons (Fsp3) is 0.0667. The van der Waals surface area contributed by atoms with Crippen molar-refractivity contribution >= 4 is 38.4 Å². The van der Waals surface area contributed by atoms with Gasteiger partial charge in [-0.2, -0.15) is 0 Å². The van der Waals surface area contributed by atoms with Gasteiger partial charge in [0, 0.05) is 5.69 Å². The maximum absolute atomic E-state index is 11.9. The van der Waals surface area contributed by atoms with Gasteiger partial charge in [-0.25, -0.2) is 9.78 Å². The molecule has 3 aromatic rings. The van der Waals surface area contributed by atoms with E-state index in [9.17, 15) is 4.79 Å². The summed E-state index contributed by atoms with van der Waals surface area (Å²) in [7, 11) is 0. The second-order valence-corrected chi connectivity index (χ2v) is 5.47. The zero-order valence-electron chi connectivity index (χ0n) is 10.9. The van der Waals surface area contributed by atoms with Crippen molar-refractivity contribution in [3.05, 3.63) is 54.1 Å². The van der Waals surface area contributed by atoms with Crippen LogP contribution in [-0.2, 0) is 0 Å². The highest BCUT2D eigenvalue weighted by Gasteiger charge is 2.07. The summed E-state index contributed by atoms with van der Waals surface area (Å²) in [4.78, 5) is 16.3. The van der Waals surface area contributed by atoms with Crippen molar-refractivity contribution in [2.24, 2.45) is 0 Å².